The first-order valence-corrected chi connectivity index (χ1v) is 7.21. The number of pyridine rings is 1. The summed E-state index contributed by atoms with van der Waals surface area (Å²) in [6, 6.07) is 2.11. The molecule has 1 aromatic heterocycles. The molecule has 0 bridgehead atoms. The van der Waals surface area contributed by atoms with Gasteiger partial charge in [0, 0.05) is 44.0 Å². The van der Waals surface area contributed by atoms with Crippen molar-refractivity contribution in [1.82, 2.24) is 9.88 Å². The van der Waals surface area contributed by atoms with Crippen LogP contribution in [0.1, 0.15) is 12.8 Å². The van der Waals surface area contributed by atoms with Crippen molar-refractivity contribution in [3.8, 4) is 0 Å². The minimum atomic E-state index is -5.26. The van der Waals surface area contributed by atoms with Crippen LogP contribution >= 0.6 is 0 Å². The summed E-state index contributed by atoms with van der Waals surface area (Å²) >= 11 is 0. The molecule has 0 aliphatic carbocycles. The number of anilines is 1. The van der Waals surface area contributed by atoms with Crippen LogP contribution in [0.2, 0.25) is 0 Å². The van der Waals surface area contributed by atoms with Gasteiger partial charge in [-0.25, -0.2) is 9.59 Å². The molecular formula is C14H15F3N4O4. The van der Waals surface area contributed by atoms with Gasteiger partial charge in [0.1, 0.15) is 0 Å². The minimum Gasteiger partial charge on any atom is -0.442 e. The standard InChI is InChI=1S/C14H15F3N4O4/c15-14(16,17)11(23)25-13(4-8-21(10(13)22)12(18)24)3-7-20-9-1-5-19-6-2-9/h1-2,5-6H,3-4,7-8H2,(H2,18,24)(H,19,20)/t13-/m0/s1. The maximum Gasteiger partial charge on any atom is 0.490 e. The average molecular weight is 360 g/mol. The Hall–Kier alpha value is -2.85. The van der Waals surface area contributed by atoms with Crippen molar-refractivity contribution in [3.05, 3.63) is 24.5 Å². The molecule has 0 aromatic carbocycles. The Morgan fingerprint density at radius 1 is 1.36 bits per heavy atom. The Bertz CT molecular complexity index is 668. The van der Waals surface area contributed by atoms with Gasteiger partial charge in [-0.2, -0.15) is 13.2 Å². The summed E-state index contributed by atoms with van der Waals surface area (Å²) in [6.45, 7) is -0.206. The predicted octanol–water partition coefficient (Wildman–Crippen LogP) is 1.04. The Kier molecular flexibility index (Phi) is 5.14. The van der Waals surface area contributed by atoms with Crippen molar-refractivity contribution in [2.24, 2.45) is 5.73 Å². The number of hydrogen-bond donors (Lipinski definition) is 2. The molecule has 136 valence electrons. The molecule has 1 aromatic rings. The van der Waals surface area contributed by atoms with Crippen molar-refractivity contribution in [1.29, 1.82) is 0 Å². The third-order valence-corrected chi connectivity index (χ3v) is 3.70. The lowest BCUT2D eigenvalue weighted by Gasteiger charge is -2.28. The molecule has 1 fully saturated rings. The van der Waals surface area contributed by atoms with Gasteiger partial charge < -0.3 is 15.8 Å². The number of carbonyl (C=O) groups excluding carboxylic acids is 3. The number of rotatable bonds is 5. The number of halogens is 3. The first-order chi connectivity index (χ1) is 11.7. The highest BCUT2D eigenvalue weighted by atomic mass is 19.4. The molecule has 2 rings (SSSR count). The normalized spacial score (nSPS) is 20.4. The number of amides is 3. The quantitative estimate of drug-likeness (QED) is 0.758. The van der Waals surface area contributed by atoms with Gasteiger partial charge in [0.2, 0.25) is 0 Å². The molecule has 3 N–H and O–H groups in total. The fraction of sp³-hybridized carbons (Fsp3) is 0.429. The summed E-state index contributed by atoms with van der Waals surface area (Å²) in [7, 11) is 0. The molecule has 0 unspecified atom stereocenters. The Morgan fingerprint density at radius 3 is 2.52 bits per heavy atom. The number of ether oxygens (including phenoxy) is 1. The van der Waals surface area contributed by atoms with Crippen LogP contribution in [-0.2, 0) is 14.3 Å². The number of urea groups is 1. The van der Waals surface area contributed by atoms with Crippen LogP contribution in [-0.4, -0.2) is 52.7 Å². The van der Waals surface area contributed by atoms with E-state index in [2.05, 4.69) is 15.0 Å². The fourth-order valence-corrected chi connectivity index (χ4v) is 2.45. The lowest BCUT2D eigenvalue weighted by atomic mass is 9.97. The summed E-state index contributed by atoms with van der Waals surface area (Å²) in [5.41, 5.74) is 3.55. The Labute approximate surface area is 140 Å². The minimum absolute atomic E-state index is 0.0213. The molecule has 1 saturated heterocycles. The first-order valence-electron chi connectivity index (χ1n) is 7.21. The molecule has 1 atom stereocenters. The number of nitrogens with two attached hydrogens (primary N) is 1. The number of likely N-dealkylation sites (tertiary alicyclic amines) is 1. The number of primary amides is 1. The first kappa shape index (κ1) is 18.5. The lowest BCUT2D eigenvalue weighted by Crippen LogP contribution is -2.49. The van der Waals surface area contributed by atoms with Gasteiger partial charge in [0.05, 0.1) is 0 Å². The van der Waals surface area contributed by atoms with Crippen LogP contribution in [0.4, 0.5) is 23.7 Å². The molecular weight excluding hydrogens is 345 g/mol. The fourth-order valence-electron chi connectivity index (χ4n) is 2.45. The zero-order chi connectivity index (χ0) is 18.7. The SMILES string of the molecule is NC(=O)N1CC[C@](CCNc2ccncc2)(OC(=O)C(F)(F)F)C1=O. The molecule has 2 heterocycles. The smallest absolute Gasteiger partial charge is 0.442 e. The van der Waals surface area contributed by atoms with Gasteiger partial charge in [0.15, 0.2) is 5.60 Å². The van der Waals surface area contributed by atoms with E-state index >= 15 is 0 Å². The van der Waals surface area contributed by atoms with Gasteiger partial charge in [0.25, 0.3) is 5.91 Å². The van der Waals surface area contributed by atoms with Crippen molar-refractivity contribution in [3.63, 3.8) is 0 Å². The van der Waals surface area contributed by atoms with E-state index in [4.69, 9.17) is 5.73 Å². The summed E-state index contributed by atoms with van der Waals surface area (Å²) < 4.78 is 42.1. The molecule has 8 nitrogen and oxygen atoms in total. The van der Waals surface area contributed by atoms with Crippen molar-refractivity contribution >= 4 is 23.6 Å². The molecule has 1 aliphatic heterocycles. The van der Waals surface area contributed by atoms with E-state index in [-0.39, 0.29) is 25.9 Å². The Morgan fingerprint density at radius 2 is 2.00 bits per heavy atom. The van der Waals surface area contributed by atoms with Gasteiger partial charge in [-0.05, 0) is 12.1 Å². The second-order valence-electron chi connectivity index (χ2n) is 5.34. The van der Waals surface area contributed by atoms with Gasteiger partial charge in [-0.1, -0.05) is 0 Å². The highest BCUT2D eigenvalue weighted by molar-refractivity contribution is 6.01. The lowest BCUT2D eigenvalue weighted by molar-refractivity contribution is -0.214. The predicted molar refractivity (Wildman–Crippen MR) is 78.1 cm³/mol. The molecule has 0 radical (unpaired) electrons. The van der Waals surface area contributed by atoms with Crippen LogP contribution in [0.5, 0.6) is 0 Å². The molecule has 0 spiro atoms. The molecule has 11 heteroatoms. The number of aromatic nitrogens is 1. The maximum atomic E-state index is 12.5. The highest BCUT2D eigenvalue weighted by Gasteiger charge is 2.55. The van der Waals surface area contributed by atoms with Crippen LogP contribution in [0, 0.1) is 0 Å². The van der Waals surface area contributed by atoms with E-state index in [1.165, 1.54) is 12.4 Å². The number of alkyl halides is 3. The van der Waals surface area contributed by atoms with Crippen molar-refractivity contribution in [2.45, 2.75) is 24.6 Å². The van der Waals surface area contributed by atoms with Crippen LogP contribution < -0.4 is 11.1 Å². The highest BCUT2D eigenvalue weighted by Crippen LogP contribution is 2.33. The number of carbonyl (C=O) groups is 3. The van der Waals surface area contributed by atoms with E-state index in [0.29, 0.717) is 10.6 Å². The third-order valence-electron chi connectivity index (χ3n) is 3.70. The zero-order valence-electron chi connectivity index (χ0n) is 12.9. The third kappa shape index (κ3) is 4.17. The van der Waals surface area contributed by atoms with Gasteiger partial charge in [-0.3, -0.25) is 14.7 Å². The number of imide groups is 1. The summed E-state index contributed by atoms with van der Waals surface area (Å²) in [5, 5.41) is 2.87. The summed E-state index contributed by atoms with van der Waals surface area (Å²) in [6.07, 6.45) is -2.80. The maximum absolute atomic E-state index is 12.5. The van der Waals surface area contributed by atoms with Gasteiger partial charge in [-0.15, -0.1) is 0 Å². The second kappa shape index (κ2) is 6.95. The largest absolute Gasteiger partial charge is 0.490 e. The molecule has 1 aliphatic rings. The average Bonchev–Trinajstić information content (AvgIpc) is 2.85. The molecule has 0 saturated carbocycles. The number of nitrogens with zero attached hydrogens (tertiary/aromatic N) is 2. The Balaban J connectivity index is 2.14. The summed E-state index contributed by atoms with van der Waals surface area (Å²) in [5.74, 6) is -3.55. The van der Waals surface area contributed by atoms with E-state index in [1.54, 1.807) is 12.1 Å². The monoisotopic (exact) mass is 360 g/mol. The van der Waals surface area contributed by atoms with E-state index in [1.807, 2.05) is 0 Å². The summed E-state index contributed by atoms with van der Waals surface area (Å²) in [4.78, 5) is 39.1. The van der Waals surface area contributed by atoms with Crippen LogP contribution in [0.3, 0.4) is 0 Å². The topological polar surface area (TPSA) is 115 Å². The number of esters is 1. The van der Waals surface area contributed by atoms with Crippen molar-refractivity contribution < 1.29 is 32.3 Å². The van der Waals surface area contributed by atoms with E-state index < -0.39 is 29.7 Å². The van der Waals surface area contributed by atoms with E-state index in [0.717, 1.165) is 0 Å². The number of nitrogens with one attached hydrogen (secondary N) is 1. The second-order valence-corrected chi connectivity index (χ2v) is 5.34. The number of hydrogen-bond acceptors (Lipinski definition) is 6. The van der Waals surface area contributed by atoms with Crippen LogP contribution in [0.25, 0.3) is 0 Å². The van der Waals surface area contributed by atoms with Crippen LogP contribution in [0.15, 0.2) is 24.5 Å². The molecule has 3 amide bonds. The van der Waals surface area contributed by atoms with Gasteiger partial charge >= 0.3 is 18.2 Å². The molecule has 25 heavy (non-hydrogen) atoms. The van der Waals surface area contributed by atoms with Crippen molar-refractivity contribution in [2.75, 3.05) is 18.4 Å². The van der Waals surface area contributed by atoms with E-state index in [9.17, 15) is 27.6 Å². The zero-order valence-corrected chi connectivity index (χ0v) is 12.9.